The normalized spacial score (nSPS) is 11.9. The molecular formula is C56H33N3OS. The van der Waals surface area contributed by atoms with Crippen molar-refractivity contribution in [3.63, 3.8) is 0 Å². The van der Waals surface area contributed by atoms with Crippen molar-refractivity contribution in [2.24, 2.45) is 0 Å². The van der Waals surface area contributed by atoms with E-state index < -0.39 is 0 Å². The van der Waals surface area contributed by atoms with Gasteiger partial charge < -0.3 is 8.98 Å². The number of fused-ring (bicyclic) bond motifs is 11. The van der Waals surface area contributed by atoms with Gasteiger partial charge in [-0.15, -0.1) is 11.3 Å². The number of benzene rings is 9. The van der Waals surface area contributed by atoms with Crippen LogP contribution in [0.25, 0.3) is 125 Å². The summed E-state index contributed by atoms with van der Waals surface area (Å²) in [5.74, 6) is 0.675. The molecule has 0 saturated carbocycles. The Morgan fingerprint density at radius 2 is 1.11 bits per heavy atom. The van der Waals surface area contributed by atoms with Crippen LogP contribution in [0, 0.1) is 0 Å². The summed E-state index contributed by atoms with van der Waals surface area (Å²) in [5.41, 5.74) is 13.6. The van der Waals surface area contributed by atoms with E-state index in [9.17, 15) is 0 Å². The minimum Gasteiger partial charge on any atom is -0.456 e. The monoisotopic (exact) mass is 795 g/mol. The van der Waals surface area contributed by atoms with Gasteiger partial charge in [-0.25, -0.2) is 9.97 Å². The second-order valence-electron chi connectivity index (χ2n) is 15.7. The van der Waals surface area contributed by atoms with Gasteiger partial charge in [-0.2, -0.15) is 0 Å². The van der Waals surface area contributed by atoms with Gasteiger partial charge in [0.15, 0.2) is 5.82 Å². The van der Waals surface area contributed by atoms with Gasteiger partial charge in [0, 0.05) is 48.4 Å². The molecule has 0 aliphatic heterocycles. The lowest BCUT2D eigenvalue weighted by Crippen LogP contribution is -1.95. The molecule has 0 amide bonds. The molecule has 0 saturated heterocycles. The van der Waals surface area contributed by atoms with E-state index in [1.165, 1.54) is 48.5 Å². The van der Waals surface area contributed by atoms with Gasteiger partial charge in [-0.3, -0.25) is 0 Å². The molecule has 13 rings (SSSR count). The van der Waals surface area contributed by atoms with Crippen LogP contribution in [-0.2, 0) is 0 Å². The highest BCUT2D eigenvalue weighted by atomic mass is 32.1. The zero-order valence-electron chi connectivity index (χ0n) is 32.7. The molecule has 0 radical (unpaired) electrons. The van der Waals surface area contributed by atoms with Gasteiger partial charge in [0.2, 0.25) is 0 Å². The van der Waals surface area contributed by atoms with E-state index in [4.69, 9.17) is 14.4 Å². The zero-order chi connectivity index (χ0) is 40.0. The van der Waals surface area contributed by atoms with E-state index in [2.05, 4.69) is 205 Å². The van der Waals surface area contributed by atoms with Gasteiger partial charge in [-0.05, 0) is 81.6 Å². The van der Waals surface area contributed by atoms with Crippen molar-refractivity contribution in [2.75, 3.05) is 0 Å². The average Bonchev–Trinajstić information content (AvgIpc) is 4.01. The summed E-state index contributed by atoms with van der Waals surface area (Å²) in [4.78, 5) is 10.8. The van der Waals surface area contributed by atoms with Gasteiger partial charge >= 0.3 is 0 Å². The average molecular weight is 796 g/mol. The van der Waals surface area contributed by atoms with E-state index in [0.717, 1.165) is 71.1 Å². The Kier molecular flexibility index (Phi) is 7.44. The van der Waals surface area contributed by atoms with Crippen molar-refractivity contribution in [1.82, 2.24) is 14.5 Å². The molecule has 0 aliphatic rings. The highest BCUT2D eigenvalue weighted by Crippen LogP contribution is 2.44. The number of nitrogens with zero attached hydrogens (tertiary/aromatic N) is 3. The molecule has 13 aromatic rings. The number of hydrogen-bond acceptors (Lipinski definition) is 4. The molecule has 0 fully saturated rings. The first-order valence-electron chi connectivity index (χ1n) is 20.6. The topological polar surface area (TPSA) is 43.9 Å². The maximum atomic E-state index is 6.63. The standard InChI is InChI=1S/C56H33N3OS/c1-3-12-34(13-4-1)36-22-24-38(25-23-36)53-55-54(42-18-9-10-21-50(42)61-55)58-56(57-53)43-19-11-20-49-52(43)45-33-40(28-31-48(45)60-49)59-46-29-27-39(35-14-5-2-6-15-35)32-44(46)51-41-17-8-7-16-37(41)26-30-47(51)59/h1-33H. The van der Waals surface area contributed by atoms with Crippen LogP contribution in [-0.4, -0.2) is 14.5 Å². The molecule has 0 atom stereocenters. The maximum absolute atomic E-state index is 6.63. The molecule has 9 aromatic carbocycles. The SMILES string of the molecule is c1ccc(-c2ccc(-c3nc(-c4cccc5oc6ccc(-n7c8ccc(-c9ccccc9)cc8c8c9ccccc9ccc87)cc6c45)nc4c3sc3ccccc34)cc2)cc1. The number of furan rings is 1. The lowest BCUT2D eigenvalue weighted by atomic mass is 10.0. The van der Waals surface area contributed by atoms with E-state index in [-0.39, 0.29) is 0 Å². The summed E-state index contributed by atoms with van der Waals surface area (Å²) in [6.07, 6.45) is 0. The zero-order valence-corrected chi connectivity index (χ0v) is 33.5. The molecule has 5 heteroatoms. The Morgan fingerprint density at radius 1 is 0.426 bits per heavy atom. The third-order valence-corrected chi connectivity index (χ3v) is 13.4. The first-order chi connectivity index (χ1) is 30.2. The van der Waals surface area contributed by atoms with Crippen LogP contribution in [0.15, 0.2) is 205 Å². The molecule has 0 bridgehead atoms. The smallest absolute Gasteiger partial charge is 0.161 e. The largest absolute Gasteiger partial charge is 0.456 e. The molecule has 4 heterocycles. The lowest BCUT2D eigenvalue weighted by molar-refractivity contribution is 0.669. The van der Waals surface area contributed by atoms with Gasteiger partial charge in [-0.1, -0.05) is 152 Å². The highest BCUT2D eigenvalue weighted by Gasteiger charge is 2.22. The van der Waals surface area contributed by atoms with Crippen LogP contribution in [0.3, 0.4) is 0 Å². The van der Waals surface area contributed by atoms with Crippen LogP contribution in [0.1, 0.15) is 0 Å². The first kappa shape index (κ1) is 34.0. The maximum Gasteiger partial charge on any atom is 0.161 e. The molecule has 0 unspecified atom stereocenters. The summed E-state index contributed by atoms with van der Waals surface area (Å²) >= 11 is 1.75. The van der Waals surface area contributed by atoms with Crippen molar-refractivity contribution >= 4 is 86.2 Å². The van der Waals surface area contributed by atoms with Crippen molar-refractivity contribution in [2.45, 2.75) is 0 Å². The fourth-order valence-electron chi connectivity index (χ4n) is 9.38. The van der Waals surface area contributed by atoms with Gasteiger partial charge in [0.1, 0.15) is 11.2 Å². The molecule has 284 valence electrons. The number of thiophene rings is 1. The molecule has 4 nitrogen and oxygen atoms in total. The molecule has 0 N–H and O–H groups in total. The second-order valence-corrected chi connectivity index (χ2v) is 16.7. The van der Waals surface area contributed by atoms with Crippen LogP contribution < -0.4 is 0 Å². The van der Waals surface area contributed by atoms with Crippen LogP contribution in [0.5, 0.6) is 0 Å². The third-order valence-electron chi connectivity index (χ3n) is 12.2. The Morgan fingerprint density at radius 3 is 1.95 bits per heavy atom. The van der Waals surface area contributed by atoms with Gasteiger partial charge in [0.25, 0.3) is 0 Å². The van der Waals surface area contributed by atoms with E-state index in [0.29, 0.717) is 5.82 Å². The number of aromatic nitrogens is 3. The molecule has 0 aliphatic carbocycles. The Labute approximate surface area is 354 Å². The Balaban J connectivity index is 1.04. The Hall–Kier alpha value is -7.86. The van der Waals surface area contributed by atoms with Crippen molar-refractivity contribution in [1.29, 1.82) is 0 Å². The summed E-state index contributed by atoms with van der Waals surface area (Å²) in [5, 5.41) is 8.09. The van der Waals surface area contributed by atoms with Crippen LogP contribution in [0.2, 0.25) is 0 Å². The Bertz CT molecular complexity index is 3860. The fourth-order valence-corrected chi connectivity index (χ4v) is 10.5. The number of rotatable bonds is 5. The van der Waals surface area contributed by atoms with Crippen molar-refractivity contribution < 1.29 is 4.42 Å². The number of hydrogen-bond donors (Lipinski definition) is 0. The van der Waals surface area contributed by atoms with Gasteiger partial charge in [0.05, 0.1) is 26.9 Å². The quantitative estimate of drug-likeness (QED) is 0.174. The summed E-state index contributed by atoms with van der Waals surface area (Å²) in [6, 6.07) is 71.4. The molecule has 4 aromatic heterocycles. The van der Waals surface area contributed by atoms with Crippen LogP contribution >= 0.6 is 11.3 Å². The summed E-state index contributed by atoms with van der Waals surface area (Å²) in [6.45, 7) is 0. The molecule has 61 heavy (non-hydrogen) atoms. The third kappa shape index (κ3) is 5.31. The first-order valence-corrected chi connectivity index (χ1v) is 21.4. The fraction of sp³-hybridized carbons (Fsp3) is 0. The predicted octanol–water partition coefficient (Wildman–Crippen LogP) is 15.7. The van der Waals surface area contributed by atoms with Crippen LogP contribution in [0.4, 0.5) is 0 Å². The predicted molar refractivity (Wildman–Crippen MR) is 256 cm³/mol. The van der Waals surface area contributed by atoms with E-state index in [1.807, 2.05) is 0 Å². The van der Waals surface area contributed by atoms with Crippen molar-refractivity contribution in [3.05, 3.63) is 200 Å². The van der Waals surface area contributed by atoms with Crippen molar-refractivity contribution in [3.8, 4) is 50.6 Å². The van der Waals surface area contributed by atoms with E-state index >= 15 is 0 Å². The minimum atomic E-state index is 0.675. The molecular weight excluding hydrogens is 763 g/mol. The second kappa shape index (κ2) is 13.3. The summed E-state index contributed by atoms with van der Waals surface area (Å²) < 4.78 is 11.3. The lowest BCUT2D eigenvalue weighted by Gasteiger charge is -2.10. The summed E-state index contributed by atoms with van der Waals surface area (Å²) in [7, 11) is 0. The highest BCUT2D eigenvalue weighted by molar-refractivity contribution is 7.26. The molecule has 0 spiro atoms. The minimum absolute atomic E-state index is 0.675. The van der Waals surface area contributed by atoms with E-state index in [1.54, 1.807) is 11.3 Å².